The van der Waals surface area contributed by atoms with Gasteiger partial charge in [-0.1, -0.05) is 26.0 Å². The Hall–Kier alpha value is -1.91. The van der Waals surface area contributed by atoms with E-state index in [1.54, 1.807) is 19.1 Å². The van der Waals surface area contributed by atoms with Gasteiger partial charge in [-0.3, -0.25) is 9.59 Å². The standard InChI is InChI=1S/C14H19FN2O2/c1-9(2)8-13(18)16-10(3)14(19)17-12-7-5-4-6-11(12)15/h4-7,9-10H,8H2,1-3H3,(H,16,18)(H,17,19). The van der Waals surface area contributed by atoms with Gasteiger partial charge in [-0.25, -0.2) is 4.39 Å². The largest absolute Gasteiger partial charge is 0.345 e. The Morgan fingerprint density at radius 3 is 2.42 bits per heavy atom. The maximum atomic E-state index is 13.3. The number of hydrogen-bond donors (Lipinski definition) is 2. The molecule has 0 aliphatic heterocycles. The van der Waals surface area contributed by atoms with Crippen LogP contribution in [0.5, 0.6) is 0 Å². The molecule has 1 atom stereocenters. The highest BCUT2D eigenvalue weighted by Crippen LogP contribution is 2.12. The predicted molar refractivity (Wildman–Crippen MR) is 72.1 cm³/mol. The molecule has 0 spiro atoms. The van der Waals surface area contributed by atoms with Crippen molar-refractivity contribution < 1.29 is 14.0 Å². The maximum Gasteiger partial charge on any atom is 0.246 e. The molecular weight excluding hydrogens is 247 g/mol. The molecule has 1 aromatic carbocycles. The van der Waals surface area contributed by atoms with Crippen molar-refractivity contribution in [1.82, 2.24) is 5.32 Å². The molecule has 1 aromatic rings. The number of para-hydroxylation sites is 1. The molecule has 2 amide bonds. The number of amides is 2. The lowest BCUT2D eigenvalue weighted by Crippen LogP contribution is -2.42. The summed E-state index contributed by atoms with van der Waals surface area (Å²) < 4.78 is 13.3. The van der Waals surface area contributed by atoms with Crippen LogP contribution < -0.4 is 10.6 Å². The fourth-order valence-electron chi connectivity index (χ4n) is 1.54. The van der Waals surface area contributed by atoms with Gasteiger partial charge in [-0.05, 0) is 25.0 Å². The molecule has 0 saturated heterocycles. The van der Waals surface area contributed by atoms with Crippen LogP contribution in [-0.2, 0) is 9.59 Å². The summed E-state index contributed by atoms with van der Waals surface area (Å²) in [7, 11) is 0. The van der Waals surface area contributed by atoms with Crippen LogP contribution in [0.2, 0.25) is 0 Å². The number of carbonyl (C=O) groups excluding carboxylic acids is 2. The molecular formula is C14H19FN2O2. The molecule has 2 N–H and O–H groups in total. The number of hydrogen-bond acceptors (Lipinski definition) is 2. The second kappa shape index (κ2) is 6.87. The number of nitrogens with one attached hydrogen (secondary N) is 2. The average molecular weight is 266 g/mol. The Labute approximate surface area is 112 Å². The summed E-state index contributed by atoms with van der Waals surface area (Å²) in [5, 5.41) is 5.02. The van der Waals surface area contributed by atoms with Crippen LogP contribution in [0.3, 0.4) is 0 Å². The maximum absolute atomic E-state index is 13.3. The van der Waals surface area contributed by atoms with Crippen LogP contribution in [0.1, 0.15) is 27.2 Å². The third kappa shape index (κ3) is 5.07. The summed E-state index contributed by atoms with van der Waals surface area (Å²) >= 11 is 0. The molecule has 104 valence electrons. The topological polar surface area (TPSA) is 58.2 Å². The second-order valence-corrected chi connectivity index (χ2v) is 4.86. The van der Waals surface area contributed by atoms with Crippen molar-refractivity contribution >= 4 is 17.5 Å². The molecule has 1 rings (SSSR count). The van der Waals surface area contributed by atoms with Crippen molar-refractivity contribution in [1.29, 1.82) is 0 Å². The number of rotatable bonds is 5. The van der Waals surface area contributed by atoms with E-state index in [9.17, 15) is 14.0 Å². The van der Waals surface area contributed by atoms with Crippen molar-refractivity contribution in [3.63, 3.8) is 0 Å². The summed E-state index contributed by atoms with van der Waals surface area (Å²) in [5.74, 6) is -0.910. The average Bonchev–Trinajstić information content (AvgIpc) is 2.30. The Balaban J connectivity index is 2.54. The minimum atomic E-state index is -0.703. The molecule has 5 heteroatoms. The zero-order chi connectivity index (χ0) is 14.4. The molecule has 0 bridgehead atoms. The first kappa shape index (κ1) is 15.1. The Kier molecular flexibility index (Phi) is 5.48. The van der Waals surface area contributed by atoms with Crippen molar-refractivity contribution in [2.75, 3.05) is 5.32 Å². The van der Waals surface area contributed by atoms with E-state index in [1.165, 1.54) is 12.1 Å². The van der Waals surface area contributed by atoms with E-state index in [1.807, 2.05) is 13.8 Å². The van der Waals surface area contributed by atoms with Crippen molar-refractivity contribution in [2.24, 2.45) is 5.92 Å². The van der Waals surface area contributed by atoms with E-state index in [0.29, 0.717) is 6.42 Å². The van der Waals surface area contributed by atoms with Gasteiger partial charge >= 0.3 is 0 Å². The van der Waals surface area contributed by atoms with Gasteiger partial charge in [0.2, 0.25) is 11.8 Å². The third-order valence-electron chi connectivity index (χ3n) is 2.50. The Bertz CT molecular complexity index is 461. The first-order valence-corrected chi connectivity index (χ1v) is 6.25. The summed E-state index contributed by atoms with van der Waals surface area (Å²) in [4.78, 5) is 23.3. The molecule has 19 heavy (non-hydrogen) atoms. The lowest BCUT2D eigenvalue weighted by Gasteiger charge is -2.15. The molecule has 0 radical (unpaired) electrons. The fraction of sp³-hybridized carbons (Fsp3) is 0.429. The summed E-state index contributed by atoms with van der Waals surface area (Å²) in [5.41, 5.74) is 0.109. The Morgan fingerprint density at radius 2 is 1.84 bits per heavy atom. The van der Waals surface area contributed by atoms with Gasteiger partial charge in [0, 0.05) is 6.42 Å². The molecule has 0 aliphatic rings. The van der Waals surface area contributed by atoms with Crippen molar-refractivity contribution in [2.45, 2.75) is 33.2 Å². The van der Waals surface area contributed by atoms with E-state index >= 15 is 0 Å². The molecule has 0 aromatic heterocycles. The zero-order valence-electron chi connectivity index (χ0n) is 11.4. The van der Waals surface area contributed by atoms with Crippen LogP contribution in [0.4, 0.5) is 10.1 Å². The van der Waals surface area contributed by atoms with Crippen molar-refractivity contribution in [3.05, 3.63) is 30.1 Å². The van der Waals surface area contributed by atoms with Gasteiger partial charge in [0.05, 0.1) is 5.69 Å². The highest BCUT2D eigenvalue weighted by atomic mass is 19.1. The van der Waals surface area contributed by atoms with Gasteiger partial charge < -0.3 is 10.6 Å². The van der Waals surface area contributed by atoms with Gasteiger partial charge in [0.15, 0.2) is 0 Å². The third-order valence-corrected chi connectivity index (χ3v) is 2.50. The van der Waals surface area contributed by atoms with E-state index in [4.69, 9.17) is 0 Å². The highest BCUT2D eigenvalue weighted by Gasteiger charge is 2.17. The smallest absolute Gasteiger partial charge is 0.246 e. The summed E-state index contributed by atoms with van der Waals surface area (Å²) in [6.45, 7) is 5.40. The minimum Gasteiger partial charge on any atom is -0.345 e. The van der Waals surface area contributed by atoms with Gasteiger partial charge in [0.1, 0.15) is 11.9 Å². The molecule has 1 unspecified atom stereocenters. The normalized spacial score (nSPS) is 12.1. The Morgan fingerprint density at radius 1 is 1.21 bits per heavy atom. The van der Waals surface area contributed by atoms with Crippen LogP contribution in [-0.4, -0.2) is 17.9 Å². The second-order valence-electron chi connectivity index (χ2n) is 4.86. The summed E-state index contributed by atoms with van der Waals surface area (Å²) in [6, 6.07) is 5.19. The molecule has 0 aliphatic carbocycles. The van der Waals surface area contributed by atoms with E-state index < -0.39 is 17.8 Å². The zero-order valence-corrected chi connectivity index (χ0v) is 11.4. The molecule has 0 fully saturated rings. The van der Waals surface area contributed by atoms with Crippen LogP contribution in [0.25, 0.3) is 0 Å². The van der Waals surface area contributed by atoms with E-state index in [0.717, 1.165) is 0 Å². The van der Waals surface area contributed by atoms with Crippen LogP contribution in [0.15, 0.2) is 24.3 Å². The predicted octanol–water partition coefficient (Wildman–Crippen LogP) is 2.32. The number of halogens is 1. The van der Waals surface area contributed by atoms with Crippen LogP contribution in [0, 0.1) is 11.7 Å². The molecule has 0 heterocycles. The first-order chi connectivity index (χ1) is 8.90. The van der Waals surface area contributed by atoms with Gasteiger partial charge in [-0.2, -0.15) is 0 Å². The molecule has 0 saturated carbocycles. The SMILES string of the molecule is CC(C)CC(=O)NC(C)C(=O)Nc1ccccc1F. The number of anilines is 1. The van der Waals surface area contributed by atoms with E-state index in [2.05, 4.69) is 10.6 Å². The van der Waals surface area contributed by atoms with Gasteiger partial charge in [-0.15, -0.1) is 0 Å². The lowest BCUT2D eigenvalue weighted by atomic mass is 10.1. The highest BCUT2D eigenvalue weighted by molar-refractivity contribution is 5.96. The first-order valence-electron chi connectivity index (χ1n) is 6.25. The quantitative estimate of drug-likeness (QED) is 0.859. The van der Waals surface area contributed by atoms with Crippen molar-refractivity contribution in [3.8, 4) is 0 Å². The summed E-state index contributed by atoms with van der Waals surface area (Å²) in [6.07, 6.45) is 0.358. The minimum absolute atomic E-state index is 0.109. The fourth-order valence-corrected chi connectivity index (χ4v) is 1.54. The number of benzene rings is 1. The monoisotopic (exact) mass is 266 g/mol. The molecule has 4 nitrogen and oxygen atoms in total. The van der Waals surface area contributed by atoms with E-state index in [-0.39, 0.29) is 17.5 Å². The van der Waals surface area contributed by atoms with Crippen LogP contribution >= 0.6 is 0 Å². The van der Waals surface area contributed by atoms with Gasteiger partial charge in [0.25, 0.3) is 0 Å². The number of carbonyl (C=O) groups is 2. The lowest BCUT2D eigenvalue weighted by molar-refractivity contribution is -0.126.